The summed E-state index contributed by atoms with van der Waals surface area (Å²) in [5.74, 6) is 0.0496. The Morgan fingerprint density at radius 2 is 2.00 bits per heavy atom. The van der Waals surface area contributed by atoms with Crippen LogP contribution in [0, 0.1) is 13.8 Å². The van der Waals surface area contributed by atoms with Gasteiger partial charge in [0.1, 0.15) is 0 Å². The second-order valence-electron chi connectivity index (χ2n) is 4.33. The van der Waals surface area contributed by atoms with Gasteiger partial charge in [-0.3, -0.25) is 10.1 Å². The number of hydrogen-bond acceptors (Lipinski definition) is 4. The molecule has 0 aliphatic heterocycles. The predicted octanol–water partition coefficient (Wildman–Crippen LogP) is 3.31. The number of nitrogens with one attached hydrogen (secondary N) is 1. The van der Waals surface area contributed by atoms with Crippen LogP contribution in [-0.2, 0) is 0 Å². The van der Waals surface area contributed by atoms with Crippen LogP contribution < -0.4 is 5.32 Å². The first kappa shape index (κ1) is 13.1. The molecule has 1 aromatic carbocycles. The summed E-state index contributed by atoms with van der Waals surface area (Å²) in [6.07, 6.45) is 0. The Kier molecular flexibility index (Phi) is 3.19. The molecule has 0 saturated heterocycles. The highest BCUT2D eigenvalue weighted by Crippen LogP contribution is 2.21. The molecule has 0 aliphatic rings. The van der Waals surface area contributed by atoms with E-state index in [1.165, 1.54) is 0 Å². The van der Waals surface area contributed by atoms with Crippen molar-refractivity contribution in [1.29, 1.82) is 0 Å². The maximum atomic E-state index is 12.0. The molecule has 0 radical (unpaired) electrons. The SMILES string of the molecule is Cc1sc2nc(NC(=O)c3ccc(Cl)cc3)nn2c1C. The number of aromatic nitrogens is 3. The molecule has 3 aromatic rings. The van der Waals surface area contributed by atoms with Crippen molar-refractivity contribution in [3.05, 3.63) is 45.4 Å². The summed E-state index contributed by atoms with van der Waals surface area (Å²) in [5, 5.41) is 7.55. The summed E-state index contributed by atoms with van der Waals surface area (Å²) in [6, 6.07) is 6.66. The van der Waals surface area contributed by atoms with Crippen molar-refractivity contribution in [2.75, 3.05) is 5.32 Å². The largest absolute Gasteiger partial charge is 0.289 e. The minimum absolute atomic E-state index is 0.255. The minimum Gasteiger partial charge on any atom is -0.289 e. The molecule has 2 heterocycles. The number of carbonyl (C=O) groups excluding carboxylic acids is 1. The lowest BCUT2D eigenvalue weighted by molar-refractivity contribution is 0.102. The normalized spacial score (nSPS) is 10.9. The van der Waals surface area contributed by atoms with E-state index in [9.17, 15) is 4.79 Å². The molecule has 7 heteroatoms. The molecule has 0 atom stereocenters. The lowest BCUT2D eigenvalue weighted by atomic mass is 10.2. The van der Waals surface area contributed by atoms with Crippen LogP contribution in [0.15, 0.2) is 24.3 Å². The second-order valence-corrected chi connectivity index (χ2v) is 5.95. The van der Waals surface area contributed by atoms with E-state index in [2.05, 4.69) is 15.4 Å². The van der Waals surface area contributed by atoms with Crippen molar-refractivity contribution in [3.8, 4) is 0 Å². The zero-order valence-electron chi connectivity index (χ0n) is 10.8. The molecular weight excluding hydrogens is 296 g/mol. The fraction of sp³-hybridized carbons (Fsp3) is 0.154. The van der Waals surface area contributed by atoms with E-state index < -0.39 is 0 Å². The number of rotatable bonds is 2. The van der Waals surface area contributed by atoms with E-state index in [1.54, 1.807) is 40.1 Å². The zero-order valence-corrected chi connectivity index (χ0v) is 12.4. The van der Waals surface area contributed by atoms with Crippen LogP contribution in [0.3, 0.4) is 0 Å². The third-order valence-electron chi connectivity index (χ3n) is 2.98. The molecular formula is C13H11ClN4OS. The van der Waals surface area contributed by atoms with Crippen molar-refractivity contribution >= 4 is 39.8 Å². The Bertz CT molecular complexity index is 791. The van der Waals surface area contributed by atoms with Gasteiger partial charge < -0.3 is 0 Å². The van der Waals surface area contributed by atoms with E-state index in [4.69, 9.17) is 11.6 Å². The average Bonchev–Trinajstić information content (AvgIpc) is 2.91. The number of benzene rings is 1. The first-order chi connectivity index (χ1) is 9.54. The molecule has 0 unspecified atom stereocenters. The highest BCUT2D eigenvalue weighted by Gasteiger charge is 2.13. The van der Waals surface area contributed by atoms with Gasteiger partial charge >= 0.3 is 0 Å². The first-order valence-corrected chi connectivity index (χ1v) is 7.14. The van der Waals surface area contributed by atoms with E-state index in [0.29, 0.717) is 16.5 Å². The number of anilines is 1. The Morgan fingerprint density at radius 1 is 1.30 bits per heavy atom. The Balaban J connectivity index is 1.85. The molecule has 1 N–H and O–H groups in total. The van der Waals surface area contributed by atoms with E-state index in [1.807, 2.05) is 13.8 Å². The first-order valence-electron chi connectivity index (χ1n) is 5.94. The minimum atomic E-state index is -0.255. The number of amides is 1. The fourth-order valence-corrected chi connectivity index (χ4v) is 2.80. The van der Waals surface area contributed by atoms with Gasteiger partial charge in [-0.15, -0.1) is 5.10 Å². The molecule has 1 amide bonds. The maximum Gasteiger partial charge on any atom is 0.258 e. The van der Waals surface area contributed by atoms with Crippen LogP contribution in [0.1, 0.15) is 20.9 Å². The molecule has 0 spiro atoms. The third-order valence-corrected chi connectivity index (χ3v) is 4.28. The summed E-state index contributed by atoms with van der Waals surface area (Å²) < 4.78 is 1.73. The van der Waals surface area contributed by atoms with Crippen molar-refractivity contribution < 1.29 is 4.79 Å². The number of fused-ring (bicyclic) bond motifs is 1. The van der Waals surface area contributed by atoms with Crippen molar-refractivity contribution in [2.45, 2.75) is 13.8 Å². The van der Waals surface area contributed by atoms with Crippen LogP contribution in [-0.4, -0.2) is 20.5 Å². The van der Waals surface area contributed by atoms with Crippen molar-refractivity contribution in [3.63, 3.8) is 0 Å². The summed E-state index contributed by atoms with van der Waals surface area (Å²) in [6.45, 7) is 3.99. The Morgan fingerprint density at radius 3 is 2.65 bits per heavy atom. The lowest BCUT2D eigenvalue weighted by Gasteiger charge is -2.00. The topological polar surface area (TPSA) is 59.3 Å². The predicted molar refractivity (Wildman–Crippen MR) is 79.7 cm³/mol. The summed E-state index contributed by atoms with van der Waals surface area (Å²) in [4.78, 5) is 18.3. The fourth-order valence-electron chi connectivity index (χ4n) is 1.77. The van der Waals surface area contributed by atoms with Gasteiger partial charge in [-0.1, -0.05) is 22.9 Å². The quantitative estimate of drug-likeness (QED) is 0.790. The Hall–Kier alpha value is -1.92. The number of carbonyl (C=O) groups is 1. The summed E-state index contributed by atoms with van der Waals surface area (Å²) >= 11 is 7.33. The van der Waals surface area contributed by atoms with Gasteiger partial charge in [-0.2, -0.15) is 4.98 Å². The van der Waals surface area contributed by atoms with E-state index >= 15 is 0 Å². The molecule has 0 saturated carbocycles. The highest BCUT2D eigenvalue weighted by atomic mass is 35.5. The van der Waals surface area contributed by atoms with Crippen molar-refractivity contribution in [1.82, 2.24) is 14.6 Å². The van der Waals surface area contributed by atoms with Gasteiger partial charge in [0, 0.05) is 15.5 Å². The molecule has 0 aliphatic carbocycles. The average molecular weight is 307 g/mol. The van der Waals surface area contributed by atoms with Crippen LogP contribution in [0.5, 0.6) is 0 Å². The van der Waals surface area contributed by atoms with Crippen LogP contribution >= 0.6 is 22.9 Å². The molecule has 3 rings (SSSR count). The molecule has 20 heavy (non-hydrogen) atoms. The molecule has 0 bridgehead atoms. The summed E-state index contributed by atoms with van der Waals surface area (Å²) in [5.41, 5.74) is 1.55. The molecule has 2 aromatic heterocycles. The Labute approximate surface area is 124 Å². The molecule has 0 fully saturated rings. The smallest absolute Gasteiger partial charge is 0.258 e. The number of aryl methyl sites for hydroxylation is 2. The van der Waals surface area contributed by atoms with Crippen molar-refractivity contribution in [2.24, 2.45) is 0 Å². The van der Waals surface area contributed by atoms with Crippen LogP contribution in [0.25, 0.3) is 4.96 Å². The van der Waals surface area contributed by atoms with Crippen LogP contribution in [0.2, 0.25) is 5.02 Å². The molecule has 5 nitrogen and oxygen atoms in total. The maximum absolute atomic E-state index is 12.0. The van der Waals surface area contributed by atoms with Gasteiger partial charge in [0.25, 0.3) is 11.9 Å². The second kappa shape index (κ2) is 4.88. The van der Waals surface area contributed by atoms with E-state index in [0.717, 1.165) is 15.5 Å². The molecule has 102 valence electrons. The van der Waals surface area contributed by atoms with Gasteiger partial charge in [0.05, 0.1) is 5.69 Å². The monoisotopic (exact) mass is 306 g/mol. The highest BCUT2D eigenvalue weighted by molar-refractivity contribution is 7.17. The van der Waals surface area contributed by atoms with Gasteiger partial charge in [0.15, 0.2) is 0 Å². The number of thiazole rings is 1. The van der Waals surface area contributed by atoms with Gasteiger partial charge in [-0.05, 0) is 38.1 Å². The zero-order chi connectivity index (χ0) is 14.3. The van der Waals surface area contributed by atoms with Gasteiger partial charge in [-0.25, -0.2) is 4.52 Å². The lowest BCUT2D eigenvalue weighted by Crippen LogP contribution is -2.13. The summed E-state index contributed by atoms with van der Waals surface area (Å²) in [7, 11) is 0. The number of nitrogens with zero attached hydrogens (tertiary/aromatic N) is 3. The van der Waals surface area contributed by atoms with E-state index in [-0.39, 0.29) is 5.91 Å². The number of hydrogen-bond donors (Lipinski definition) is 1. The standard InChI is InChI=1S/C13H11ClN4OS/c1-7-8(2)20-13-16-12(17-18(7)13)15-11(19)9-3-5-10(14)6-4-9/h3-6H,1-2H3,(H,15,17,19). The number of halogens is 1. The van der Waals surface area contributed by atoms with Crippen LogP contribution in [0.4, 0.5) is 5.95 Å². The third kappa shape index (κ3) is 2.28. The van der Waals surface area contributed by atoms with Gasteiger partial charge in [0.2, 0.25) is 4.96 Å².